The summed E-state index contributed by atoms with van der Waals surface area (Å²) in [5.74, 6) is 0.450. The van der Waals surface area contributed by atoms with Crippen LogP contribution in [0.4, 0.5) is 0 Å². The highest BCUT2D eigenvalue weighted by Crippen LogP contribution is 2.16. The summed E-state index contributed by atoms with van der Waals surface area (Å²) in [4.78, 5) is 0. The number of nitrogens with two attached hydrogens (primary N) is 1. The topological polar surface area (TPSA) is 35.2 Å². The van der Waals surface area contributed by atoms with Crippen molar-refractivity contribution in [2.75, 3.05) is 6.61 Å². The number of aryl methyl sites for hydroxylation is 2. The molecule has 0 amide bonds. The molecule has 0 saturated carbocycles. The highest BCUT2D eigenvalue weighted by Gasteiger charge is 2.21. The highest BCUT2D eigenvalue weighted by molar-refractivity contribution is 5.29. The van der Waals surface area contributed by atoms with Crippen LogP contribution in [0.3, 0.4) is 0 Å². The first-order valence-corrected chi connectivity index (χ1v) is 6.88. The van der Waals surface area contributed by atoms with Crippen molar-refractivity contribution < 1.29 is 4.74 Å². The maximum atomic E-state index is 6.31. The molecule has 2 N–H and O–H groups in total. The van der Waals surface area contributed by atoms with Crippen LogP contribution in [0.25, 0.3) is 0 Å². The molecule has 0 saturated heterocycles. The fourth-order valence-corrected chi connectivity index (χ4v) is 2.58. The number of hydrogen-bond donors (Lipinski definition) is 1. The molecule has 18 heavy (non-hydrogen) atoms. The van der Waals surface area contributed by atoms with E-state index in [1.54, 1.807) is 0 Å². The molecule has 1 aromatic rings. The second kappa shape index (κ2) is 6.91. The summed E-state index contributed by atoms with van der Waals surface area (Å²) in [7, 11) is 0. The van der Waals surface area contributed by atoms with E-state index >= 15 is 0 Å². The lowest BCUT2D eigenvalue weighted by Crippen LogP contribution is -2.42. The molecule has 0 aliphatic heterocycles. The van der Waals surface area contributed by atoms with Gasteiger partial charge in [0.2, 0.25) is 0 Å². The van der Waals surface area contributed by atoms with Crippen molar-refractivity contribution in [2.45, 2.75) is 53.2 Å². The quantitative estimate of drug-likeness (QED) is 0.840. The third-order valence-corrected chi connectivity index (χ3v) is 3.19. The van der Waals surface area contributed by atoms with Crippen LogP contribution in [0.5, 0.6) is 0 Å². The minimum Gasteiger partial charge on any atom is -0.377 e. The SMILES string of the molecule is CCOC(C(C)C)C(N)Cc1cc(C)cc(C)c1. The smallest absolute Gasteiger partial charge is 0.0751 e. The molecular formula is C16H27NO. The monoisotopic (exact) mass is 249 g/mol. The summed E-state index contributed by atoms with van der Waals surface area (Å²) in [6.45, 7) is 11.3. The lowest BCUT2D eigenvalue weighted by molar-refractivity contribution is 0.0128. The maximum Gasteiger partial charge on any atom is 0.0751 e. The molecule has 0 bridgehead atoms. The van der Waals surface area contributed by atoms with Gasteiger partial charge < -0.3 is 10.5 Å². The Balaban J connectivity index is 2.75. The van der Waals surface area contributed by atoms with Gasteiger partial charge in [-0.25, -0.2) is 0 Å². The number of hydrogen-bond acceptors (Lipinski definition) is 2. The molecule has 1 rings (SSSR count). The fourth-order valence-electron chi connectivity index (χ4n) is 2.58. The molecule has 0 aromatic heterocycles. The van der Waals surface area contributed by atoms with Gasteiger partial charge in [-0.1, -0.05) is 43.2 Å². The Kier molecular flexibility index (Phi) is 5.83. The van der Waals surface area contributed by atoms with E-state index in [-0.39, 0.29) is 12.1 Å². The Morgan fingerprint density at radius 3 is 2.11 bits per heavy atom. The summed E-state index contributed by atoms with van der Waals surface area (Å²) in [5, 5.41) is 0. The van der Waals surface area contributed by atoms with Crippen molar-refractivity contribution >= 4 is 0 Å². The van der Waals surface area contributed by atoms with Crippen molar-refractivity contribution in [1.82, 2.24) is 0 Å². The van der Waals surface area contributed by atoms with Gasteiger partial charge in [0.25, 0.3) is 0 Å². The standard InChI is InChI=1S/C16H27NO/c1-6-18-16(11(2)3)15(17)10-14-8-12(4)7-13(5)9-14/h7-9,11,15-16H,6,10,17H2,1-5H3. The molecule has 0 aliphatic carbocycles. The van der Waals surface area contributed by atoms with Gasteiger partial charge in [0.15, 0.2) is 0 Å². The number of ether oxygens (including phenoxy) is 1. The van der Waals surface area contributed by atoms with E-state index in [0.29, 0.717) is 5.92 Å². The van der Waals surface area contributed by atoms with Crippen LogP contribution in [-0.2, 0) is 11.2 Å². The highest BCUT2D eigenvalue weighted by atomic mass is 16.5. The molecule has 0 radical (unpaired) electrons. The molecule has 0 spiro atoms. The van der Waals surface area contributed by atoms with Crippen LogP contribution in [-0.4, -0.2) is 18.8 Å². The Bertz CT molecular complexity index is 353. The van der Waals surface area contributed by atoms with E-state index in [0.717, 1.165) is 13.0 Å². The van der Waals surface area contributed by atoms with E-state index in [4.69, 9.17) is 10.5 Å². The van der Waals surface area contributed by atoms with Crippen LogP contribution in [0.2, 0.25) is 0 Å². The molecule has 2 atom stereocenters. The fraction of sp³-hybridized carbons (Fsp3) is 0.625. The van der Waals surface area contributed by atoms with Gasteiger partial charge in [0.05, 0.1) is 6.10 Å². The van der Waals surface area contributed by atoms with E-state index in [2.05, 4.69) is 45.9 Å². The maximum absolute atomic E-state index is 6.31. The molecule has 1 aromatic carbocycles. The Morgan fingerprint density at radius 1 is 1.11 bits per heavy atom. The first kappa shape index (κ1) is 15.2. The van der Waals surface area contributed by atoms with E-state index in [1.165, 1.54) is 16.7 Å². The molecule has 0 fully saturated rings. The Morgan fingerprint density at radius 2 is 1.67 bits per heavy atom. The Labute approximate surface area is 112 Å². The summed E-state index contributed by atoms with van der Waals surface area (Å²) in [6, 6.07) is 6.69. The van der Waals surface area contributed by atoms with Crippen LogP contribution in [0, 0.1) is 19.8 Å². The van der Waals surface area contributed by atoms with Gasteiger partial charge in [0, 0.05) is 12.6 Å². The zero-order chi connectivity index (χ0) is 13.7. The van der Waals surface area contributed by atoms with Gasteiger partial charge in [-0.3, -0.25) is 0 Å². The predicted molar refractivity (Wildman–Crippen MR) is 77.8 cm³/mol. The zero-order valence-electron chi connectivity index (χ0n) is 12.4. The minimum absolute atomic E-state index is 0.0612. The second-order valence-corrected chi connectivity index (χ2v) is 5.53. The van der Waals surface area contributed by atoms with Crippen molar-refractivity contribution in [2.24, 2.45) is 11.7 Å². The van der Waals surface area contributed by atoms with E-state index < -0.39 is 0 Å². The van der Waals surface area contributed by atoms with Gasteiger partial charge in [-0.2, -0.15) is 0 Å². The lowest BCUT2D eigenvalue weighted by Gasteiger charge is -2.27. The summed E-state index contributed by atoms with van der Waals surface area (Å²) in [6.07, 6.45) is 1.02. The molecule has 0 heterocycles. The predicted octanol–water partition coefficient (Wildman–Crippen LogP) is 3.23. The third-order valence-electron chi connectivity index (χ3n) is 3.19. The third kappa shape index (κ3) is 4.43. The van der Waals surface area contributed by atoms with Gasteiger partial charge in [-0.05, 0) is 38.7 Å². The van der Waals surface area contributed by atoms with E-state index in [9.17, 15) is 0 Å². The second-order valence-electron chi connectivity index (χ2n) is 5.53. The molecule has 102 valence electrons. The zero-order valence-corrected chi connectivity index (χ0v) is 12.4. The van der Waals surface area contributed by atoms with Gasteiger partial charge in [-0.15, -0.1) is 0 Å². The molecule has 0 aliphatic rings. The molecular weight excluding hydrogens is 222 g/mol. The van der Waals surface area contributed by atoms with Crippen molar-refractivity contribution in [3.05, 3.63) is 34.9 Å². The minimum atomic E-state index is 0.0612. The van der Waals surface area contributed by atoms with Crippen LogP contribution in [0.15, 0.2) is 18.2 Å². The normalized spacial score (nSPS) is 14.8. The number of benzene rings is 1. The first-order chi connectivity index (χ1) is 8.43. The largest absolute Gasteiger partial charge is 0.377 e. The average molecular weight is 249 g/mol. The van der Waals surface area contributed by atoms with E-state index in [1.807, 2.05) is 6.92 Å². The van der Waals surface area contributed by atoms with Crippen molar-refractivity contribution in [3.8, 4) is 0 Å². The summed E-state index contributed by atoms with van der Waals surface area (Å²) >= 11 is 0. The molecule has 2 heteroatoms. The summed E-state index contributed by atoms with van der Waals surface area (Å²) < 4.78 is 5.77. The molecule has 2 unspecified atom stereocenters. The molecule has 2 nitrogen and oxygen atoms in total. The van der Waals surface area contributed by atoms with Gasteiger partial charge in [0.1, 0.15) is 0 Å². The first-order valence-electron chi connectivity index (χ1n) is 6.88. The van der Waals surface area contributed by atoms with Crippen LogP contribution in [0.1, 0.15) is 37.5 Å². The van der Waals surface area contributed by atoms with Crippen molar-refractivity contribution in [3.63, 3.8) is 0 Å². The van der Waals surface area contributed by atoms with Crippen molar-refractivity contribution in [1.29, 1.82) is 0 Å². The Hall–Kier alpha value is -0.860. The van der Waals surface area contributed by atoms with Crippen LogP contribution >= 0.6 is 0 Å². The average Bonchev–Trinajstić information content (AvgIpc) is 2.23. The summed E-state index contributed by atoms with van der Waals surface area (Å²) in [5.41, 5.74) is 10.2. The van der Waals surface area contributed by atoms with Gasteiger partial charge >= 0.3 is 0 Å². The van der Waals surface area contributed by atoms with Crippen LogP contribution < -0.4 is 5.73 Å². The lowest BCUT2D eigenvalue weighted by atomic mass is 9.93. The number of rotatable bonds is 6.